The monoisotopic (exact) mass is 296 g/mol. The number of benzene rings is 1. The Morgan fingerprint density at radius 1 is 1.35 bits per heavy atom. The SMILES string of the molecule is O=C1CCC(c2ccccc2CCOBr)=NN1. The minimum absolute atomic E-state index is 0.0185. The Morgan fingerprint density at radius 2 is 2.18 bits per heavy atom. The summed E-state index contributed by atoms with van der Waals surface area (Å²) in [7, 11) is 0. The van der Waals surface area contributed by atoms with Crippen molar-refractivity contribution in [3.05, 3.63) is 35.4 Å². The summed E-state index contributed by atoms with van der Waals surface area (Å²) < 4.78 is 4.91. The van der Waals surface area contributed by atoms with Crippen LogP contribution in [0.1, 0.15) is 24.0 Å². The van der Waals surface area contributed by atoms with Gasteiger partial charge in [0.05, 0.1) is 28.6 Å². The van der Waals surface area contributed by atoms with Crippen LogP contribution in [0.3, 0.4) is 0 Å². The fourth-order valence-electron chi connectivity index (χ4n) is 1.84. The summed E-state index contributed by atoms with van der Waals surface area (Å²) in [6, 6.07) is 8.06. The quantitative estimate of drug-likeness (QED) is 0.926. The van der Waals surface area contributed by atoms with Gasteiger partial charge in [-0.3, -0.25) is 4.79 Å². The van der Waals surface area contributed by atoms with Crippen LogP contribution in [0, 0.1) is 0 Å². The highest BCUT2D eigenvalue weighted by atomic mass is 79.9. The minimum atomic E-state index is -0.0185. The number of carbonyl (C=O) groups is 1. The number of rotatable bonds is 4. The van der Waals surface area contributed by atoms with Crippen molar-refractivity contribution in [2.45, 2.75) is 19.3 Å². The topological polar surface area (TPSA) is 50.7 Å². The fourth-order valence-corrected chi connectivity index (χ4v) is 2.00. The minimum Gasteiger partial charge on any atom is -0.308 e. The molecule has 1 aromatic carbocycles. The zero-order valence-corrected chi connectivity index (χ0v) is 10.9. The number of carbonyl (C=O) groups excluding carboxylic acids is 1. The average molecular weight is 297 g/mol. The first-order valence-electron chi connectivity index (χ1n) is 5.48. The fraction of sp³-hybridized carbons (Fsp3) is 0.333. The lowest BCUT2D eigenvalue weighted by Crippen LogP contribution is -2.26. The van der Waals surface area contributed by atoms with Gasteiger partial charge >= 0.3 is 0 Å². The Bertz CT molecular complexity index is 446. The van der Waals surface area contributed by atoms with E-state index < -0.39 is 0 Å². The molecule has 0 aliphatic carbocycles. The van der Waals surface area contributed by atoms with Crippen LogP contribution < -0.4 is 5.43 Å². The Balaban J connectivity index is 2.22. The second-order valence-corrected chi connectivity index (χ2v) is 4.27. The van der Waals surface area contributed by atoms with Crippen LogP contribution in [0.15, 0.2) is 29.4 Å². The van der Waals surface area contributed by atoms with E-state index in [0.29, 0.717) is 19.4 Å². The number of hydrogen-bond donors (Lipinski definition) is 1. The van der Waals surface area contributed by atoms with Crippen LogP contribution in [0.5, 0.6) is 0 Å². The maximum absolute atomic E-state index is 11.1. The molecule has 1 N–H and O–H groups in total. The number of hydrazone groups is 1. The number of nitrogens with zero attached hydrogens (tertiary/aromatic N) is 1. The van der Waals surface area contributed by atoms with Crippen LogP contribution >= 0.6 is 16.3 Å². The second kappa shape index (κ2) is 5.93. The molecule has 0 fully saturated rings. The number of halogens is 1. The van der Waals surface area contributed by atoms with Crippen LogP contribution in [0.2, 0.25) is 0 Å². The largest absolute Gasteiger partial charge is 0.308 e. The molecule has 0 saturated carbocycles. The van der Waals surface area contributed by atoms with Gasteiger partial charge in [-0.2, -0.15) is 5.10 Å². The summed E-state index contributed by atoms with van der Waals surface area (Å²) in [5.74, 6) is -0.0185. The Hall–Kier alpha value is -1.20. The molecule has 2 rings (SSSR count). The molecular formula is C12H13BrN2O2. The lowest BCUT2D eigenvalue weighted by molar-refractivity contribution is -0.121. The zero-order chi connectivity index (χ0) is 12.1. The van der Waals surface area contributed by atoms with Crippen LogP contribution in [0.25, 0.3) is 0 Å². The van der Waals surface area contributed by atoms with Crippen molar-refractivity contribution in [1.29, 1.82) is 0 Å². The molecule has 1 aliphatic rings. The van der Waals surface area contributed by atoms with Gasteiger partial charge in [-0.25, -0.2) is 5.43 Å². The summed E-state index contributed by atoms with van der Waals surface area (Å²) in [6.07, 6.45) is 2.01. The Kier molecular flexibility index (Phi) is 4.28. The molecule has 17 heavy (non-hydrogen) atoms. The summed E-state index contributed by atoms with van der Waals surface area (Å²) in [5.41, 5.74) is 5.74. The molecule has 0 atom stereocenters. The lowest BCUT2D eigenvalue weighted by Gasteiger charge is -2.15. The molecule has 1 aromatic rings. The van der Waals surface area contributed by atoms with Crippen molar-refractivity contribution < 1.29 is 8.62 Å². The standard InChI is InChI=1S/C12H13BrN2O2/c13-17-8-7-9-3-1-2-4-10(9)11-5-6-12(16)15-14-11/h1-4H,5-8H2,(H,15,16). The molecule has 0 bridgehead atoms. The molecule has 1 heterocycles. The summed E-state index contributed by atoms with van der Waals surface area (Å²) in [4.78, 5) is 11.1. The highest BCUT2D eigenvalue weighted by Crippen LogP contribution is 2.16. The first-order valence-corrected chi connectivity index (χ1v) is 6.13. The summed E-state index contributed by atoms with van der Waals surface area (Å²) in [5, 5.41) is 4.11. The van der Waals surface area contributed by atoms with Gasteiger partial charge in [0.25, 0.3) is 0 Å². The molecular weight excluding hydrogens is 284 g/mol. The van der Waals surface area contributed by atoms with E-state index in [2.05, 4.69) is 32.9 Å². The molecule has 0 aromatic heterocycles. The third kappa shape index (κ3) is 3.14. The van der Waals surface area contributed by atoms with Gasteiger partial charge in [0.2, 0.25) is 5.91 Å². The number of hydrogen-bond acceptors (Lipinski definition) is 3. The predicted molar refractivity (Wildman–Crippen MR) is 68.9 cm³/mol. The zero-order valence-electron chi connectivity index (χ0n) is 9.28. The van der Waals surface area contributed by atoms with Crippen molar-refractivity contribution in [2.24, 2.45) is 5.10 Å². The first kappa shape index (κ1) is 12.3. The van der Waals surface area contributed by atoms with Gasteiger partial charge < -0.3 is 3.83 Å². The maximum atomic E-state index is 11.1. The third-order valence-corrected chi connectivity index (χ3v) is 3.00. The van der Waals surface area contributed by atoms with Gasteiger partial charge in [-0.1, -0.05) is 24.3 Å². The molecule has 0 spiro atoms. The van der Waals surface area contributed by atoms with E-state index in [0.717, 1.165) is 17.7 Å². The molecule has 90 valence electrons. The van der Waals surface area contributed by atoms with E-state index in [1.165, 1.54) is 5.56 Å². The van der Waals surface area contributed by atoms with Crippen molar-refractivity contribution in [1.82, 2.24) is 5.43 Å². The van der Waals surface area contributed by atoms with Crippen LogP contribution in [-0.4, -0.2) is 18.2 Å². The lowest BCUT2D eigenvalue weighted by atomic mass is 9.97. The molecule has 0 radical (unpaired) electrons. The molecule has 0 saturated heterocycles. The normalized spacial score (nSPS) is 15.4. The van der Waals surface area contributed by atoms with E-state index in [4.69, 9.17) is 3.83 Å². The van der Waals surface area contributed by atoms with E-state index in [9.17, 15) is 4.79 Å². The predicted octanol–water partition coefficient (Wildman–Crippen LogP) is 2.17. The second-order valence-electron chi connectivity index (χ2n) is 3.81. The molecule has 0 unspecified atom stereocenters. The molecule has 5 heteroatoms. The molecule has 4 nitrogen and oxygen atoms in total. The summed E-state index contributed by atoms with van der Waals surface area (Å²) >= 11 is 2.95. The average Bonchev–Trinajstić information content (AvgIpc) is 2.38. The van der Waals surface area contributed by atoms with E-state index in [-0.39, 0.29) is 5.91 Å². The smallest absolute Gasteiger partial charge is 0.240 e. The van der Waals surface area contributed by atoms with Crippen molar-refractivity contribution >= 4 is 27.9 Å². The molecule has 1 amide bonds. The Labute approximate surface area is 108 Å². The van der Waals surface area contributed by atoms with Crippen molar-refractivity contribution in [3.63, 3.8) is 0 Å². The van der Waals surface area contributed by atoms with Gasteiger partial charge in [0, 0.05) is 18.4 Å². The van der Waals surface area contributed by atoms with E-state index >= 15 is 0 Å². The first-order chi connectivity index (χ1) is 8.31. The number of nitrogens with one attached hydrogen (secondary N) is 1. The van der Waals surface area contributed by atoms with Crippen molar-refractivity contribution in [3.8, 4) is 0 Å². The van der Waals surface area contributed by atoms with Gasteiger partial charge in [-0.05, 0) is 12.0 Å². The van der Waals surface area contributed by atoms with Gasteiger partial charge in [0.15, 0.2) is 0 Å². The molecule has 1 aliphatic heterocycles. The van der Waals surface area contributed by atoms with Crippen LogP contribution in [0.4, 0.5) is 0 Å². The third-order valence-electron chi connectivity index (χ3n) is 2.68. The highest BCUT2D eigenvalue weighted by molar-refractivity contribution is 9.06. The summed E-state index contributed by atoms with van der Waals surface area (Å²) in [6.45, 7) is 0.608. The van der Waals surface area contributed by atoms with E-state index in [1.807, 2.05) is 18.2 Å². The van der Waals surface area contributed by atoms with Gasteiger partial charge in [0.1, 0.15) is 0 Å². The van der Waals surface area contributed by atoms with Crippen LogP contribution in [-0.2, 0) is 15.0 Å². The number of amides is 1. The van der Waals surface area contributed by atoms with E-state index in [1.54, 1.807) is 0 Å². The Morgan fingerprint density at radius 3 is 2.88 bits per heavy atom. The van der Waals surface area contributed by atoms with Crippen molar-refractivity contribution in [2.75, 3.05) is 6.61 Å². The van der Waals surface area contributed by atoms with Gasteiger partial charge in [-0.15, -0.1) is 0 Å². The highest BCUT2D eigenvalue weighted by Gasteiger charge is 2.15. The maximum Gasteiger partial charge on any atom is 0.240 e.